The molecule has 11 heteroatoms. The van der Waals surface area contributed by atoms with Crippen LogP contribution in [-0.4, -0.2) is 29.3 Å². The molecule has 1 aromatic rings. The van der Waals surface area contributed by atoms with Crippen LogP contribution in [0, 0.1) is 10.1 Å². The summed E-state index contributed by atoms with van der Waals surface area (Å²) >= 11 is 0. The summed E-state index contributed by atoms with van der Waals surface area (Å²) in [5.41, 5.74) is -3.49. The van der Waals surface area contributed by atoms with Gasteiger partial charge in [-0.05, 0) is 0 Å². The SMILES string of the molecule is COC(=O)c1cc([N+](=O)[O-])c(=O)[nH]c1OC(F)(F)F. The quantitative estimate of drug-likeness (QED) is 0.502. The molecule has 0 fully saturated rings. The summed E-state index contributed by atoms with van der Waals surface area (Å²) in [6, 6.07) is 0.339. The van der Waals surface area contributed by atoms with Gasteiger partial charge in [-0.2, -0.15) is 0 Å². The summed E-state index contributed by atoms with van der Waals surface area (Å²) in [5.74, 6) is -2.62. The largest absolute Gasteiger partial charge is 0.574 e. The normalized spacial score (nSPS) is 10.9. The Kier molecular flexibility index (Phi) is 3.77. The Balaban J connectivity index is 3.45. The van der Waals surface area contributed by atoms with E-state index in [1.165, 1.54) is 4.98 Å². The van der Waals surface area contributed by atoms with E-state index in [1.54, 1.807) is 0 Å². The van der Waals surface area contributed by atoms with Crippen LogP contribution in [0.5, 0.6) is 5.88 Å². The highest BCUT2D eigenvalue weighted by Gasteiger charge is 2.35. The van der Waals surface area contributed by atoms with Crippen LogP contribution in [-0.2, 0) is 4.74 Å². The number of aromatic amines is 1. The van der Waals surface area contributed by atoms with Crippen molar-refractivity contribution in [2.75, 3.05) is 7.11 Å². The van der Waals surface area contributed by atoms with Gasteiger partial charge in [0.15, 0.2) is 0 Å². The molecular formula is C8H5F3N2O6. The van der Waals surface area contributed by atoms with Crippen LogP contribution in [0.3, 0.4) is 0 Å². The molecule has 0 unspecified atom stereocenters. The molecule has 0 aliphatic rings. The van der Waals surface area contributed by atoms with Gasteiger partial charge in [-0.3, -0.25) is 19.9 Å². The number of nitro groups is 1. The van der Waals surface area contributed by atoms with Crippen LogP contribution >= 0.6 is 0 Å². The third kappa shape index (κ3) is 3.43. The Hall–Kier alpha value is -2.59. The van der Waals surface area contributed by atoms with Crippen molar-refractivity contribution in [3.63, 3.8) is 0 Å². The Morgan fingerprint density at radius 3 is 2.47 bits per heavy atom. The van der Waals surface area contributed by atoms with Crippen molar-refractivity contribution < 1.29 is 32.4 Å². The fourth-order valence-corrected chi connectivity index (χ4v) is 1.10. The van der Waals surface area contributed by atoms with E-state index in [1.807, 2.05) is 0 Å². The van der Waals surface area contributed by atoms with Gasteiger partial charge in [-0.1, -0.05) is 0 Å². The minimum absolute atomic E-state index is 0.339. The second-order valence-electron chi connectivity index (χ2n) is 3.02. The van der Waals surface area contributed by atoms with E-state index in [0.717, 1.165) is 7.11 Å². The van der Waals surface area contributed by atoms with Gasteiger partial charge in [0.1, 0.15) is 5.56 Å². The molecule has 1 heterocycles. The van der Waals surface area contributed by atoms with Gasteiger partial charge in [0.2, 0.25) is 5.88 Å². The zero-order chi connectivity index (χ0) is 14.8. The number of alkyl halides is 3. The molecule has 0 saturated carbocycles. The number of rotatable bonds is 3. The number of hydrogen-bond donors (Lipinski definition) is 1. The van der Waals surface area contributed by atoms with Crippen molar-refractivity contribution in [2.24, 2.45) is 0 Å². The molecule has 1 rings (SSSR count). The molecule has 0 aliphatic carbocycles. The molecule has 1 N–H and O–H groups in total. The fourth-order valence-electron chi connectivity index (χ4n) is 1.10. The van der Waals surface area contributed by atoms with E-state index in [4.69, 9.17) is 0 Å². The Morgan fingerprint density at radius 1 is 1.47 bits per heavy atom. The lowest BCUT2D eigenvalue weighted by molar-refractivity contribution is -0.386. The molecular weight excluding hydrogens is 277 g/mol. The monoisotopic (exact) mass is 282 g/mol. The highest BCUT2D eigenvalue weighted by atomic mass is 19.4. The number of carbonyl (C=O) groups excluding carboxylic acids is 1. The number of ether oxygens (including phenoxy) is 2. The van der Waals surface area contributed by atoms with Gasteiger partial charge in [0.05, 0.1) is 12.0 Å². The van der Waals surface area contributed by atoms with E-state index in [9.17, 15) is 32.9 Å². The van der Waals surface area contributed by atoms with Crippen molar-refractivity contribution in [3.8, 4) is 5.88 Å². The van der Waals surface area contributed by atoms with Crippen LogP contribution in [0.4, 0.5) is 18.9 Å². The van der Waals surface area contributed by atoms with E-state index >= 15 is 0 Å². The highest BCUT2D eigenvalue weighted by molar-refractivity contribution is 5.92. The summed E-state index contributed by atoms with van der Waals surface area (Å²) in [4.78, 5) is 33.1. The van der Waals surface area contributed by atoms with Gasteiger partial charge < -0.3 is 9.47 Å². The van der Waals surface area contributed by atoms with E-state index in [-0.39, 0.29) is 0 Å². The van der Waals surface area contributed by atoms with Crippen molar-refractivity contribution in [1.82, 2.24) is 4.98 Å². The predicted molar refractivity (Wildman–Crippen MR) is 51.7 cm³/mol. The smallest absolute Gasteiger partial charge is 0.465 e. The average molecular weight is 282 g/mol. The number of aromatic nitrogens is 1. The Labute approximate surface area is 101 Å². The van der Waals surface area contributed by atoms with Gasteiger partial charge in [-0.15, -0.1) is 13.2 Å². The topological polar surface area (TPSA) is 112 Å². The average Bonchev–Trinajstić information content (AvgIpc) is 2.25. The molecule has 8 nitrogen and oxygen atoms in total. The van der Waals surface area contributed by atoms with Crippen molar-refractivity contribution in [2.45, 2.75) is 6.36 Å². The minimum atomic E-state index is -5.19. The first-order chi connectivity index (χ1) is 8.65. The van der Waals surface area contributed by atoms with Crippen molar-refractivity contribution >= 4 is 11.7 Å². The summed E-state index contributed by atoms with van der Waals surface area (Å²) in [6.45, 7) is 0. The summed E-state index contributed by atoms with van der Waals surface area (Å²) in [7, 11) is 0.844. The molecule has 0 bridgehead atoms. The summed E-state index contributed by atoms with van der Waals surface area (Å²) in [5, 5.41) is 10.5. The lowest BCUT2D eigenvalue weighted by Crippen LogP contribution is -2.24. The third-order valence-corrected chi connectivity index (χ3v) is 1.81. The molecule has 0 aromatic carbocycles. The maximum absolute atomic E-state index is 12.0. The van der Waals surface area contributed by atoms with Crippen LogP contribution in [0.15, 0.2) is 10.9 Å². The molecule has 0 spiro atoms. The number of halogens is 3. The Bertz CT molecular complexity index is 579. The number of hydrogen-bond acceptors (Lipinski definition) is 6. The maximum atomic E-state index is 12.0. The lowest BCUT2D eigenvalue weighted by Gasteiger charge is -2.11. The number of carbonyl (C=O) groups is 1. The van der Waals surface area contributed by atoms with Crippen molar-refractivity contribution in [1.29, 1.82) is 0 Å². The number of nitrogens with zero attached hydrogens (tertiary/aromatic N) is 1. The Morgan fingerprint density at radius 2 is 2.05 bits per heavy atom. The zero-order valence-corrected chi connectivity index (χ0v) is 9.11. The van der Waals surface area contributed by atoms with Gasteiger partial charge >= 0.3 is 23.6 Å². The molecule has 104 valence electrons. The highest BCUT2D eigenvalue weighted by Crippen LogP contribution is 2.25. The lowest BCUT2D eigenvalue weighted by atomic mass is 10.2. The van der Waals surface area contributed by atoms with E-state index < -0.39 is 39.9 Å². The van der Waals surface area contributed by atoms with Crippen LogP contribution < -0.4 is 10.3 Å². The van der Waals surface area contributed by atoms with E-state index in [2.05, 4.69) is 9.47 Å². The molecule has 0 amide bonds. The van der Waals surface area contributed by atoms with E-state index in [0.29, 0.717) is 6.07 Å². The molecule has 0 aliphatic heterocycles. The molecule has 0 saturated heterocycles. The number of esters is 1. The van der Waals surface area contributed by atoms with Crippen LogP contribution in [0.1, 0.15) is 10.4 Å². The third-order valence-electron chi connectivity index (χ3n) is 1.81. The first-order valence-corrected chi connectivity index (χ1v) is 4.41. The maximum Gasteiger partial charge on any atom is 0.574 e. The molecule has 1 aromatic heterocycles. The number of methoxy groups -OCH3 is 1. The summed E-state index contributed by atoms with van der Waals surface area (Å²) < 4.78 is 43.7. The molecule has 19 heavy (non-hydrogen) atoms. The van der Waals surface area contributed by atoms with Crippen LogP contribution in [0.2, 0.25) is 0 Å². The minimum Gasteiger partial charge on any atom is -0.465 e. The number of nitrogens with one attached hydrogen (secondary N) is 1. The van der Waals surface area contributed by atoms with Gasteiger partial charge in [0, 0.05) is 6.07 Å². The van der Waals surface area contributed by atoms with Gasteiger partial charge in [-0.25, -0.2) is 4.79 Å². The number of pyridine rings is 1. The second kappa shape index (κ2) is 4.96. The zero-order valence-electron chi connectivity index (χ0n) is 9.11. The number of H-pyrrole nitrogens is 1. The summed E-state index contributed by atoms with van der Waals surface area (Å²) in [6.07, 6.45) is -5.19. The first kappa shape index (κ1) is 14.5. The second-order valence-corrected chi connectivity index (χ2v) is 3.02. The molecule has 0 radical (unpaired) electrons. The molecule has 0 atom stereocenters. The predicted octanol–water partition coefficient (Wildman–Crippen LogP) is 0.968. The standard InChI is InChI=1S/C8H5F3N2O6/c1-18-7(15)3-2-4(13(16)17)5(14)12-6(3)19-8(9,10)11/h2H,1H3,(H,12,14). The van der Waals surface area contributed by atoms with Crippen molar-refractivity contribution in [3.05, 3.63) is 32.1 Å². The first-order valence-electron chi connectivity index (χ1n) is 4.41. The fraction of sp³-hybridized carbons (Fsp3) is 0.250. The van der Waals surface area contributed by atoms with Crippen LogP contribution in [0.25, 0.3) is 0 Å². The van der Waals surface area contributed by atoms with Gasteiger partial charge in [0.25, 0.3) is 0 Å².